The molecule has 0 aliphatic heterocycles. The minimum Gasteiger partial charge on any atom is -0.493 e. The summed E-state index contributed by atoms with van der Waals surface area (Å²) in [4.78, 5) is 12.7. The number of allylic oxidation sites excluding steroid dienone is 3. The van der Waals surface area contributed by atoms with Crippen LogP contribution in [0.1, 0.15) is 199 Å². The SMILES string of the molecule is [C-]#[N+]/C(C)=C\c1cc(OC#CC#CC#CC#C)c(/C=C(\C#N)c2ccc3c4ccc(/C(=C/c5cc(N(c6ccccc6)c6ccccc6)c(/C=C(\C#N)c6ccc7c8ccc(C)cc8n(CCCCCCCC)c7c6)cc5N(c5ccccc5)c5ccccc5)[N+]#[C-])cc4n(CCCCCCCC)c3c2)cc1OCCCCCCCC.[HH].[HH].[HH].[HH].[HH].[HH].[HH].[HH]. The summed E-state index contributed by atoms with van der Waals surface area (Å²) < 4.78 is 17.6. The Balaban J connectivity index is 0.00000403. The lowest BCUT2D eigenvalue weighted by molar-refractivity contribution is 0.303. The van der Waals surface area contributed by atoms with Gasteiger partial charge in [0.25, 0.3) is 0 Å². The van der Waals surface area contributed by atoms with E-state index in [-0.39, 0.29) is 11.4 Å². The molecule has 2 heterocycles. The van der Waals surface area contributed by atoms with Crippen LogP contribution in [0.25, 0.3) is 94.4 Å². The number of unbranched alkanes of at least 4 members (excludes halogenated alkanes) is 15. The summed E-state index contributed by atoms with van der Waals surface area (Å²) in [5, 5.41) is 27.5. The number of terminal acetylenes is 1. The number of ether oxygens (including phenoxy) is 2. The van der Waals surface area contributed by atoms with Gasteiger partial charge < -0.3 is 28.4 Å². The topological polar surface area (TPSA) is 91.1 Å². The Morgan fingerprint density at radius 1 is 0.422 bits per heavy atom. The van der Waals surface area contributed by atoms with Crippen LogP contribution in [0, 0.1) is 90.8 Å². The zero-order chi connectivity index (χ0) is 80.8. The molecule has 0 saturated carbocycles. The van der Waals surface area contributed by atoms with E-state index in [9.17, 15) is 17.1 Å². The molecule has 10 heteroatoms. The average Bonchev–Trinajstić information content (AvgIpc) is 1.48. The summed E-state index contributed by atoms with van der Waals surface area (Å²) in [6, 6.07) is 80.6. The molecule has 0 atom stereocenters. The molecule has 0 radical (unpaired) electrons. The quantitative estimate of drug-likeness (QED) is 0.0128. The number of anilines is 6. The van der Waals surface area contributed by atoms with Gasteiger partial charge in [-0.05, 0) is 194 Å². The highest BCUT2D eigenvalue weighted by molar-refractivity contribution is 6.12. The van der Waals surface area contributed by atoms with Crippen molar-refractivity contribution in [2.45, 2.75) is 163 Å². The highest BCUT2D eigenvalue weighted by atomic mass is 16.5. The smallest absolute Gasteiger partial charge is 0.195 e. The third-order valence-electron chi connectivity index (χ3n) is 21.2. The Kier molecular flexibility index (Phi) is 29.3. The largest absolute Gasteiger partial charge is 0.493 e. The lowest BCUT2D eigenvalue weighted by Gasteiger charge is -2.31. The van der Waals surface area contributed by atoms with Gasteiger partial charge in [0.1, 0.15) is 17.6 Å². The fourth-order valence-corrected chi connectivity index (χ4v) is 15.4. The maximum Gasteiger partial charge on any atom is 0.195 e. The van der Waals surface area contributed by atoms with Crippen molar-refractivity contribution in [1.82, 2.24) is 9.13 Å². The molecular formula is C106H114N8O2. The molecule has 12 aromatic rings. The first-order valence-electron chi connectivity index (χ1n) is 41.0. The van der Waals surface area contributed by atoms with Gasteiger partial charge >= 0.3 is 0 Å². The molecule has 10 aromatic carbocycles. The molecular weight excluding hydrogens is 1420 g/mol. The summed E-state index contributed by atoms with van der Waals surface area (Å²) in [6.07, 6.45) is 35.9. The molecule has 0 spiro atoms. The molecule has 12 rings (SSSR count). The van der Waals surface area contributed by atoms with Gasteiger partial charge in [0.15, 0.2) is 11.4 Å². The number of nitriles is 2. The first-order chi connectivity index (χ1) is 57.1. The lowest BCUT2D eigenvalue weighted by atomic mass is 9.96. The third-order valence-corrected chi connectivity index (χ3v) is 21.2. The van der Waals surface area contributed by atoms with Crippen LogP contribution >= 0.6 is 0 Å². The minimum absolute atomic E-state index is 0. The fourth-order valence-electron chi connectivity index (χ4n) is 15.4. The van der Waals surface area contributed by atoms with Crippen molar-refractivity contribution in [2.24, 2.45) is 0 Å². The molecule has 0 bridgehead atoms. The van der Waals surface area contributed by atoms with E-state index in [2.05, 4.69) is 268 Å². The van der Waals surface area contributed by atoms with E-state index in [4.69, 9.17) is 22.5 Å². The zero-order valence-electron chi connectivity index (χ0n) is 67.4. The molecule has 590 valence electrons. The fraction of sp³-hybridized carbons (Fsp3) is 0.245. The summed E-state index contributed by atoms with van der Waals surface area (Å²) in [7, 11) is 0. The van der Waals surface area contributed by atoms with Crippen LogP contribution in [0.15, 0.2) is 224 Å². The molecule has 2 aromatic heterocycles. The van der Waals surface area contributed by atoms with Crippen LogP contribution in [0.2, 0.25) is 0 Å². The first kappa shape index (κ1) is 81.6. The second kappa shape index (κ2) is 41.6. The minimum atomic E-state index is 0. The van der Waals surface area contributed by atoms with Gasteiger partial charge in [0.2, 0.25) is 0 Å². The van der Waals surface area contributed by atoms with Crippen LogP contribution in [0.4, 0.5) is 34.1 Å². The Bertz CT molecular complexity index is 6010. The van der Waals surface area contributed by atoms with Crippen molar-refractivity contribution in [1.29, 1.82) is 10.5 Å². The van der Waals surface area contributed by atoms with Crippen molar-refractivity contribution in [2.75, 3.05) is 16.4 Å². The second-order valence-electron chi connectivity index (χ2n) is 29.4. The van der Waals surface area contributed by atoms with Crippen LogP contribution in [0.5, 0.6) is 11.5 Å². The summed E-state index contributed by atoms with van der Waals surface area (Å²) in [5.74, 6) is 16.2. The van der Waals surface area contributed by atoms with Gasteiger partial charge in [-0.3, -0.25) is 0 Å². The van der Waals surface area contributed by atoms with E-state index in [1.165, 1.54) is 61.4 Å². The van der Waals surface area contributed by atoms with E-state index >= 15 is 0 Å². The normalized spacial score (nSPS) is 11.5. The number of aryl methyl sites for hydroxylation is 3. The number of benzene rings is 10. The molecule has 0 amide bonds. The number of rotatable bonds is 36. The highest BCUT2D eigenvalue weighted by Gasteiger charge is 2.25. The molecule has 0 aliphatic rings. The second-order valence-corrected chi connectivity index (χ2v) is 29.4. The molecule has 10 nitrogen and oxygen atoms in total. The van der Waals surface area contributed by atoms with Crippen LogP contribution in [0.3, 0.4) is 0 Å². The molecule has 0 aliphatic carbocycles. The summed E-state index contributed by atoms with van der Waals surface area (Å²) in [6.45, 7) is 29.8. The number of hydrogen-bond acceptors (Lipinski definition) is 6. The maximum absolute atomic E-state index is 11.8. The van der Waals surface area contributed by atoms with E-state index < -0.39 is 0 Å². The molecule has 0 fully saturated rings. The van der Waals surface area contributed by atoms with Crippen molar-refractivity contribution >= 4 is 119 Å². The van der Waals surface area contributed by atoms with E-state index in [1.54, 1.807) is 25.1 Å². The number of aromatic nitrogens is 2. The molecule has 116 heavy (non-hydrogen) atoms. The monoisotopic (exact) mass is 1530 g/mol. The van der Waals surface area contributed by atoms with Gasteiger partial charge in [-0.2, -0.15) is 10.5 Å². The number of para-hydroxylation sites is 4. The van der Waals surface area contributed by atoms with Crippen LogP contribution in [-0.2, 0) is 13.1 Å². The predicted octanol–water partition coefficient (Wildman–Crippen LogP) is 30.4. The van der Waals surface area contributed by atoms with Gasteiger partial charge in [-0.15, -0.1) is 6.42 Å². The number of hydrogen-bond donors (Lipinski definition) is 0. The van der Waals surface area contributed by atoms with Crippen LogP contribution in [-0.4, -0.2) is 15.7 Å². The summed E-state index contributed by atoms with van der Waals surface area (Å²) in [5.41, 5.74) is 17.4. The molecule has 0 unspecified atom stereocenters. The molecule has 0 N–H and O–H groups in total. The van der Waals surface area contributed by atoms with E-state index in [1.807, 2.05) is 66.7 Å². The third kappa shape index (κ3) is 20.3. The van der Waals surface area contributed by atoms with Gasteiger partial charge in [-0.25, -0.2) is 9.69 Å². The lowest BCUT2D eigenvalue weighted by Crippen LogP contribution is -2.15. The van der Waals surface area contributed by atoms with Crippen molar-refractivity contribution in [3.05, 3.63) is 291 Å². The van der Waals surface area contributed by atoms with Crippen LogP contribution < -0.4 is 19.3 Å². The van der Waals surface area contributed by atoms with Gasteiger partial charge in [0, 0.05) is 125 Å². The Hall–Kier alpha value is -13.8. The maximum atomic E-state index is 11.8. The first-order valence-corrected chi connectivity index (χ1v) is 41.0. The van der Waals surface area contributed by atoms with Crippen molar-refractivity contribution in [3.63, 3.8) is 0 Å². The average molecular weight is 1530 g/mol. The molecule has 0 saturated heterocycles. The Morgan fingerprint density at radius 2 is 0.819 bits per heavy atom. The van der Waals surface area contributed by atoms with Crippen molar-refractivity contribution < 1.29 is 20.9 Å². The number of nitrogens with zero attached hydrogens (tertiary/aromatic N) is 8. The Morgan fingerprint density at radius 3 is 1.28 bits per heavy atom. The summed E-state index contributed by atoms with van der Waals surface area (Å²) >= 11 is 0. The predicted molar refractivity (Wildman–Crippen MR) is 503 cm³/mol. The Labute approximate surface area is 698 Å². The van der Waals surface area contributed by atoms with Gasteiger partial charge in [-0.1, -0.05) is 244 Å². The number of fused-ring (bicyclic) bond motifs is 6. The highest BCUT2D eigenvalue weighted by Crippen LogP contribution is 2.47. The zero-order valence-corrected chi connectivity index (χ0v) is 67.4. The van der Waals surface area contributed by atoms with E-state index in [0.29, 0.717) is 63.9 Å². The van der Waals surface area contributed by atoms with Crippen molar-refractivity contribution in [3.8, 4) is 71.7 Å². The van der Waals surface area contributed by atoms with Gasteiger partial charge in [0.05, 0.1) is 54.4 Å². The standard InChI is InChI=1S/C106H98N8O2.8H2/c1-9-13-17-21-25-41-61-111-101-65-79(5)53-57-94(101)95-58-54-81(70-102(95)111)88(77-107)67-84-73-100(114(92-49-37-31-38-50-92)93-51-39-32-40-52-93)85(74-99(84)113(90-45-33-29-34-46-90)91-47-35-30-36-48-91)69-98(110-8)83-56-60-97-96-59-55-82(71-103(96)112(104(97)72-83)62-42-26-22-18-14-10-2)89(78-108)68-87-76-105(115-63-43-27-23-19-15-11-3)86(66-80(6)109-7)75-106(87)116-64-44-28-24-20-16-12-4;;;;;;;;/h4,29-40,45-60,65-76H,9-11,13-15,17-19,21-23,25-27,41-43,61-63H2,1-3,5-6H3;8*1H/b80-66-,88-67+,89-68+,98-69-;;;;;;;;. The van der Waals surface area contributed by atoms with E-state index in [0.717, 1.165) is 166 Å².